The number of thiophene rings is 1. The number of hydrogen-bond donors (Lipinski definition) is 2. The lowest BCUT2D eigenvalue weighted by atomic mass is 10.1. The second kappa shape index (κ2) is 5.90. The van der Waals surface area contributed by atoms with Gasteiger partial charge in [0.1, 0.15) is 17.2 Å². The van der Waals surface area contributed by atoms with Crippen LogP contribution in [0.5, 0.6) is 0 Å². The van der Waals surface area contributed by atoms with E-state index < -0.39 is 0 Å². The fourth-order valence-electron chi connectivity index (χ4n) is 2.93. The van der Waals surface area contributed by atoms with Crippen LogP contribution in [0.3, 0.4) is 0 Å². The molecule has 7 heteroatoms. The van der Waals surface area contributed by atoms with Gasteiger partial charge in [0.05, 0.1) is 12.7 Å². The van der Waals surface area contributed by atoms with Crippen molar-refractivity contribution in [3.8, 4) is 0 Å². The van der Waals surface area contributed by atoms with Crippen LogP contribution in [0.2, 0.25) is 0 Å². The molecule has 1 atom stereocenters. The Bertz CT molecular complexity index is 917. The van der Waals surface area contributed by atoms with Crippen LogP contribution in [0.15, 0.2) is 30.5 Å². The van der Waals surface area contributed by atoms with E-state index in [4.69, 9.17) is 0 Å². The summed E-state index contributed by atoms with van der Waals surface area (Å²) in [5.41, 5.74) is 0.564. The zero-order chi connectivity index (χ0) is 16.7. The van der Waals surface area contributed by atoms with E-state index in [-0.39, 0.29) is 11.7 Å². The Kier molecular flexibility index (Phi) is 3.72. The summed E-state index contributed by atoms with van der Waals surface area (Å²) >= 11 is 1.56. The largest absolute Gasteiger partial charge is 0.369 e. The number of aromatic nitrogens is 2. The van der Waals surface area contributed by atoms with E-state index in [0.717, 1.165) is 33.9 Å². The minimum Gasteiger partial charge on any atom is -0.369 e. The molecule has 5 nitrogen and oxygen atoms in total. The molecule has 1 amide bonds. The third kappa shape index (κ3) is 2.75. The SMILES string of the molecule is CC1CNc2c(C(=O)NCc3cc4cc(F)ccc4s3)cnn2C1. The van der Waals surface area contributed by atoms with Crippen molar-refractivity contribution in [1.29, 1.82) is 0 Å². The maximum absolute atomic E-state index is 13.3. The Labute approximate surface area is 142 Å². The normalized spacial score (nSPS) is 16.7. The molecule has 124 valence electrons. The molecular formula is C17H17FN4OS. The average molecular weight is 344 g/mol. The van der Waals surface area contributed by atoms with Crippen LogP contribution in [0.25, 0.3) is 10.1 Å². The van der Waals surface area contributed by atoms with Crippen molar-refractivity contribution in [2.75, 3.05) is 11.9 Å². The molecule has 4 rings (SSSR count). The first-order chi connectivity index (χ1) is 11.6. The van der Waals surface area contributed by atoms with Gasteiger partial charge in [-0.3, -0.25) is 4.79 Å². The number of halogens is 1. The molecule has 0 saturated heterocycles. The number of nitrogens with zero attached hydrogens (tertiary/aromatic N) is 2. The molecular weight excluding hydrogens is 327 g/mol. The second-order valence-corrected chi connectivity index (χ2v) is 7.32. The van der Waals surface area contributed by atoms with Gasteiger partial charge in [-0.2, -0.15) is 5.10 Å². The van der Waals surface area contributed by atoms with Gasteiger partial charge in [-0.05, 0) is 35.6 Å². The predicted molar refractivity (Wildman–Crippen MR) is 92.8 cm³/mol. The summed E-state index contributed by atoms with van der Waals surface area (Å²) in [4.78, 5) is 13.4. The summed E-state index contributed by atoms with van der Waals surface area (Å²) in [6, 6.07) is 6.64. The van der Waals surface area contributed by atoms with Gasteiger partial charge >= 0.3 is 0 Å². The zero-order valence-electron chi connectivity index (χ0n) is 13.2. The van der Waals surface area contributed by atoms with Crippen molar-refractivity contribution < 1.29 is 9.18 Å². The number of carbonyl (C=O) groups excluding carboxylic acids is 1. The van der Waals surface area contributed by atoms with E-state index >= 15 is 0 Å². The minimum absolute atomic E-state index is 0.151. The Morgan fingerprint density at radius 2 is 2.38 bits per heavy atom. The predicted octanol–water partition coefficient (Wildman–Crippen LogP) is 3.23. The van der Waals surface area contributed by atoms with Crippen LogP contribution in [0.1, 0.15) is 22.2 Å². The van der Waals surface area contributed by atoms with E-state index in [1.807, 2.05) is 10.7 Å². The first-order valence-electron chi connectivity index (χ1n) is 7.86. The highest BCUT2D eigenvalue weighted by atomic mass is 32.1. The van der Waals surface area contributed by atoms with Gasteiger partial charge in [0.2, 0.25) is 0 Å². The van der Waals surface area contributed by atoms with E-state index in [2.05, 4.69) is 22.7 Å². The summed E-state index contributed by atoms with van der Waals surface area (Å²) < 4.78 is 16.1. The molecule has 0 bridgehead atoms. The lowest BCUT2D eigenvalue weighted by Gasteiger charge is -2.22. The number of anilines is 1. The van der Waals surface area contributed by atoms with Crippen molar-refractivity contribution in [2.45, 2.75) is 20.0 Å². The first kappa shape index (κ1) is 15.1. The molecule has 0 saturated carbocycles. The lowest BCUT2D eigenvalue weighted by Crippen LogP contribution is -2.28. The summed E-state index contributed by atoms with van der Waals surface area (Å²) in [5.74, 6) is 0.876. The van der Waals surface area contributed by atoms with Crippen molar-refractivity contribution >= 4 is 33.1 Å². The van der Waals surface area contributed by atoms with Crippen LogP contribution in [0.4, 0.5) is 10.2 Å². The van der Waals surface area contributed by atoms with Crippen LogP contribution >= 0.6 is 11.3 Å². The standard InChI is InChI=1S/C17H17FN4OS/c1-10-6-19-16-14(8-21-22(16)9-10)17(23)20-7-13-5-11-4-12(18)2-3-15(11)24-13/h2-5,8,10,19H,6-7,9H2,1H3,(H,20,23). The number of hydrogen-bond acceptors (Lipinski definition) is 4. The first-order valence-corrected chi connectivity index (χ1v) is 8.67. The molecule has 0 aliphatic carbocycles. The molecule has 0 fully saturated rings. The van der Waals surface area contributed by atoms with Gasteiger partial charge in [-0.1, -0.05) is 6.92 Å². The number of fused-ring (bicyclic) bond motifs is 2. The molecule has 3 aromatic rings. The molecule has 1 aromatic carbocycles. The minimum atomic E-state index is -0.247. The Hall–Kier alpha value is -2.41. The molecule has 2 N–H and O–H groups in total. The molecule has 0 spiro atoms. The van der Waals surface area contributed by atoms with E-state index in [9.17, 15) is 9.18 Å². The third-order valence-corrected chi connectivity index (χ3v) is 5.26. The summed E-state index contributed by atoms with van der Waals surface area (Å²) in [5, 5.41) is 11.3. The highest BCUT2D eigenvalue weighted by Gasteiger charge is 2.22. The number of amides is 1. The number of benzene rings is 1. The van der Waals surface area contributed by atoms with Crippen LogP contribution in [0, 0.1) is 11.7 Å². The third-order valence-electron chi connectivity index (χ3n) is 4.14. The molecule has 24 heavy (non-hydrogen) atoms. The van der Waals surface area contributed by atoms with Gasteiger partial charge in [0.25, 0.3) is 5.91 Å². The summed E-state index contributed by atoms with van der Waals surface area (Å²) in [6.07, 6.45) is 1.61. The molecule has 2 aromatic heterocycles. The highest BCUT2D eigenvalue weighted by molar-refractivity contribution is 7.19. The molecule has 1 aliphatic rings. The lowest BCUT2D eigenvalue weighted by molar-refractivity contribution is 0.0952. The average Bonchev–Trinajstić information content (AvgIpc) is 3.15. The number of carbonyl (C=O) groups is 1. The van der Waals surface area contributed by atoms with E-state index in [1.54, 1.807) is 23.6 Å². The van der Waals surface area contributed by atoms with Crippen LogP contribution < -0.4 is 10.6 Å². The maximum atomic E-state index is 13.3. The maximum Gasteiger partial charge on any atom is 0.256 e. The Morgan fingerprint density at radius 3 is 3.25 bits per heavy atom. The monoisotopic (exact) mass is 344 g/mol. The molecule has 0 radical (unpaired) electrons. The van der Waals surface area contributed by atoms with Crippen molar-refractivity contribution in [1.82, 2.24) is 15.1 Å². The van der Waals surface area contributed by atoms with E-state index in [1.165, 1.54) is 12.1 Å². The van der Waals surface area contributed by atoms with Crippen molar-refractivity contribution in [2.24, 2.45) is 5.92 Å². The fourth-order valence-corrected chi connectivity index (χ4v) is 3.91. The Morgan fingerprint density at radius 1 is 1.50 bits per heavy atom. The molecule has 1 aliphatic heterocycles. The molecule has 3 heterocycles. The second-order valence-electron chi connectivity index (χ2n) is 6.15. The van der Waals surface area contributed by atoms with Crippen molar-refractivity contribution in [3.63, 3.8) is 0 Å². The van der Waals surface area contributed by atoms with Gasteiger partial charge in [0.15, 0.2) is 0 Å². The molecule has 1 unspecified atom stereocenters. The number of nitrogens with one attached hydrogen (secondary N) is 2. The quantitative estimate of drug-likeness (QED) is 0.767. The summed E-state index contributed by atoms with van der Waals surface area (Å²) in [7, 11) is 0. The highest BCUT2D eigenvalue weighted by Crippen LogP contribution is 2.26. The smallest absolute Gasteiger partial charge is 0.256 e. The van der Waals surface area contributed by atoms with Gasteiger partial charge in [0, 0.05) is 22.7 Å². The Balaban J connectivity index is 1.48. The summed E-state index contributed by atoms with van der Waals surface area (Å²) in [6.45, 7) is 4.22. The van der Waals surface area contributed by atoms with Crippen molar-refractivity contribution in [3.05, 3.63) is 46.7 Å². The van der Waals surface area contributed by atoms with Gasteiger partial charge < -0.3 is 10.6 Å². The van der Waals surface area contributed by atoms with E-state index in [0.29, 0.717) is 18.0 Å². The number of rotatable bonds is 3. The zero-order valence-corrected chi connectivity index (χ0v) is 14.0. The fraction of sp³-hybridized carbons (Fsp3) is 0.294. The van der Waals surface area contributed by atoms with Crippen LogP contribution in [-0.2, 0) is 13.1 Å². The van der Waals surface area contributed by atoms with Gasteiger partial charge in [-0.25, -0.2) is 9.07 Å². The van der Waals surface area contributed by atoms with Gasteiger partial charge in [-0.15, -0.1) is 11.3 Å². The van der Waals surface area contributed by atoms with Crippen LogP contribution in [-0.4, -0.2) is 22.2 Å². The topological polar surface area (TPSA) is 59.0 Å².